The van der Waals surface area contributed by atoms with E-state index >= 15 is 0 Å². The molecule has 2 aromatic heterocycles. The molecular weight excluding hydrogens is 386 g/mol. The average Bonchev–Trinajstić information content (AvgIpc) is 3.16. The predicted molar refractivity (Wildman–Crippen MR) is 106 cm³/mol. The Morgan fingerprint density at radius 2 is 2.11 bits per heavy atom. The summed E-state index contributed by atoms with van der Waals surface area (Å²) in [5, 5.41) is 12.7. The van der Waals surface area contributed by atoms with Gasteiger partial charge in [0.1, 0.15) is 0 Å². The van der Waals surface area contributed by atoms with Gasteiger partial charge >= 0.3 is 0 Å². The highest BCUT2D eigenvalue weighted by Gasteiger charge is 2.23. The molecule has 0 aliphatic carbocycles. The van der Waals surface area contributed by atoms with E-state index in [2.05, 4.69) is 25.4 Å². The highest BCUT2D eigenvalue weighted by Crippen LogP contribution is 2.31. The molecule has 0 saturated carbocycles. The number of nitrogens with one attached hydrogen (secondary N) is 1. The Balaban J connectivity index is 1.49. The molecule has 1 unspecified atom stereocenters. The first kappa shape index (κ1) is 18.2. The minimum atomic E-state index is -0.220. The number of thiazole rings is 1. The molecule has 9 heteroatoms. The quantitative estimate of drug-likeness (QED) is 0.721. The number of benzene rings is 1. The van der Waals surface area contributed by atoms with Crippen LogP contribution in [0.2, 0.25) is 5.15 Å². The van der Waals surface area contributed by atoms with E-state index in [1.165, 1.54) is 11.3 Å². The SMILES string of the molecule is CC(C(=O)Nc1ncc(-c2ccc3nnc(Cl)cc3c2)s1)N1CCOCC1. The van der Waals surface area contributed by atoms with Gasteiger partial charge in [-0.1, -0.05) is 29.0 Å². The highest BCUT2D eigenvalue weighted by molar-refractivity contribution is 7.19. The zero-order chi connectivity index (χ0) is 18.8. The zero-order valence-corrected chi connectivity index (χ0v) is 16.3. The van der Waals surface area contributed by atoms with Crippen LogP contribution in [0, 0.1) is 0 Å². The van der Waals surface area contributed by atoms with Gasteiger partial charge in [0, 0.05) is 24.7 Å². The van der Waals surface area contributed by atoms with Crippen molar-refractivity contribution in [1.82, 2.24) is 20.1 Å². The first-order valence-electron chi connectivity index (χ1n) is 8.62. The second-order valence-electron chi connectivity index (χ2n) is 6.28. The van der Waals surface area contributed by atoms with Gasteiger partial charge < -0.3 is 10.1 Å². The molecule has 4 rings (SSSR count). The topological polar surface area (TPSA) is 80.2 Å². The summed E-state index contributed by atoms with van der Waals surface area (Å²) in [5.41, 5.74) is 1.77. The molecule has 1 aromatic carbocycles. The number of nitrogens with zero attached hydrogens (tertiary/aromatic N) is 4. The molecule has 0 spiro atoms. The average molecular weight is 404 g/mol. The number of ether oxygens (including phenoxy) is 1. The number of fused-ring (bicyclic) bond motifs is 1. The maximum Gasteiger partial charge on any atom is 0.243 e. The number of carbonyl (C=O) groups excluding carboxylic acids is 1. The number of anilines is 1. The maximum atomic E-state index is 12.5. The summed E-state index contributed by atoms with van der Waals surface area (Å²) in [6.45, 7) is 4.76. The van der Waals surface area contributed by atoms with Crippen LogP contribution in [0.4, 0.5) is 5.13 Å². The molecule has 140 valence electrons. The molecule has 7 nitrogen and oxygen atoms in total. The fourth-order valence-electron chi connectivity index (χ4n) is 2.98. The Morgan fingerprint density at radius 3 is 2.93 bits per heavy atom. The van der Waals surface area contributed by atoms with E-state index in [1.807, 2.05) is 25.1 Å². The Hall–Kier alpha value is -2.13. The summed E-state index contributed by atoms with van der Waals surface area (Å²) in [7, 11) is 0. The fourth-order valence-corrected chi connectivity index (χ4v) is 3.95. The van der Waals surface area contributed by atoms with E-state index in [4.69, 9.17) is 16.3 Å². The van der Waals surface area contributed by atoms with Gasteiger partial charge in [-0.2, -0.15) is 0 Å². The molecule has 1 amide bonds. The highest BCUT2D eigenvalue weighted by atomic mass is 35.5. The fraction of sp³-hybridized carbons (Fsp3) is 0.333. The van der Waals surface area contributed by atoms with Gasteiger partial charge in [-0.15, -0.1) is 10.2 Å². The predicted octanol–water partition coefficient (Wildman–Crippen LogP) is 3.07. The van der Waals surface area contributed by atoms with Crippen LogP contribution < -0.4 is 5.32 Å². The summed E-state index contributed by atoms with van der Waals surface area (Å²) in [5.74, 6) is -0.0571. The van der Waals surface area contributed by atoms with Crippen LogP contribution in [0.5, 0.6) is 0 Å². The molecule has 1 N–H and O–H groups in total. The summed E-state index contributed by atoms with van der Waals surface area (Å²) in [6, 6.07) is 7.40. The lowest BCUT2D eigenvalue weighted by Gasteiger charge is -2.31. The first-order valence-corrected chi connectivity index (χ1v) is 9.81. The zero-order valence-electron chi connectivity index (χ0n) is 14.7. The number of aromatic nitrogens is 3. The smallest absolute Gasteiger partial charge is 0.243 e. The lowest BCUT2D eigenvalue weighted by Crippen LogP contribution is -2.47. The van der Waals surface area contributed by atoms with Gasteiger partial charge in [0.2, 0.25) is 5.91 Å². The third kappa shape index (κ3) is 4.08. The monoisotopic (exact) mass is 403 g/mol. The maximum absolute atomic E-state index is 12.5. The third-order valence-corrected chi connectivity index (χ3v) is 5.70. The van der Waals surface area contributed by atoms with Crippen molar-refractivity contribution in [3.63, 3.8) is 0 Å². The second-order valence-corrected chi connectivity index (χ2v) is 7.70. The third-order valence-electron chi connectivity index (χ3n) is 4.55. The van der Waals surface area contributed by atoms with Gasteiger partial charge in [0.15, 0.2) is 10.3 Å². The number of hydrogen-bond acceptors (Lipinski definition) is 7. The molecule has 1 aliphatic rings. The van der Waals surface area contributed by atoms with Crippen LogP contribution >= 0.6 is 22.9 Å². The van der Waals surface area contributed by atoms with Crippen molar-refractivity contribution >= 4 is 44.9 Å². The molecule has 27 heavy (non-hydrogen) atoms. The molecular formula is C18H18ClN5O2S. The Labute approximate surface area is 165 Å². The minimum Gasteiger partial charge on any atom is -0.379 e. The van der Waals surface area contributed by atoms with E-state index in [0.717, 1.165) is 34.4 Å². The summed E-state index contributed by atoms with van der Waals surface area (Å²) in [4.78, 5) is 19.9. The van der Waals surface area contributed by atoms with Crippen molar-refractivity contribution in [2.75, 3.05) is 31.6 Å². The Kier molecular flexibility index (Phi) is 5.31. The van der Waals surface area contributed by atoms with Crippen molar-refractivity contribution in [2.45, 2.75) is 13.0 Å². The van der Waals surface area contributed by atoms with Gasteiger partial charge in [0.25, 0.3) is 0 Å². The van der Waals surface area contributed by atoms with Crippen LogP contribution in [0.1, 0.15) is 6.92 Å². The van der Waals surface area contributed by atoms with E-state index in [1.54, 1.807) is 12.3 Å². The molecule has 1 fully saturated rings. The normalized spacial score (nSPS) is 16.4. The van der Waals surface area contributed by atoms with Crippen LogP contribution in [0.25, 0.3) is 21.3 Å². The summed E-state index contributed by atoms with van der Waals surface area (Å²) >= 11 is 7.37. The van der Waals surface area contributed by atoms with E-state index in [-0.39, 0.29) is 11.9 Å². The van der Waals surface area contributed by atoms with Crippen molar-refractivity contribution in [2.24, 2.45) is 0 Å². The second kappa shape index (κ2) is 7.85. The number of rotatable bonds is 4. The van der Waals surface area contributed by atoms with Crippen LogP contribution in [-0.2, 0) is 9.53 Å². The Morgan fingerprint density at radius 1 is 1.30 bits per heavy atom. The molecule has 3 aromatic rings. The Bertz CT molecular complexity index is 973. The largest absolute Gasteiger partial charge is 0.379 e. The number of hydrogen-bond donors (Lipinski definition) is 1. The van der Waals surface area contributed by atoms with E-state index in [9.17, 15) is 4.79 Å². The molecule has 0 bridgehead atoms. The van der Waals surface area contributed by atoms with Gasteiger partial charge in [-0.3, -0.25) is 9.69 Å². The summed E-state index contributed by atoms with van der Waals surface area (Å²) in [6.07, 6.45) is 1.76. The summed E-state index contributed by atoms with van der Waals surface area (Å²) < 4.78 is 5.34. The standard InChI is InChI=1S/C18H18ClN5O2S/c1-11(24-4-6-26-7-5-24)17(25)21-18-20-10-15(27-18)12-2-3-14-13(8-12)9-16(19)23-22-14/h2-3,8-11H,4-7H2,1H3,(H,20,21,25). The molecule has 0 radical (unpaired) electrons. The van der Waals surface area contributed by atoms with Gasteiger partial charge in [-0.05, 0) is 30.7 Å². The van der Waals surface area contributed by atoms with Crippen LogP contribution in [0.15, 0.2) is 30.5 Å². The number of halogens is 1. The molecule has 3 heterocycles. The van der Waals surface area contributed by atoms with Gasteiger partial charge in [0.05, 0.1) is 29.6 Å². The van der Waals surface area contributed by atoms with Crippen LogP contribution in [-0.4, -0.2) is 58.3 Å². The van der Waals surface area contributed by atoms with Crippen molar-refractivity contribution in [3.05, 3.63) is 35.6 Å². The first-order chi connectivity index (χ1) is 13.1. The number of carbonyl (C=O) groups is 1. The molecule has 1 saturated heterocycles. The number of morpholine rings is 1. The van der Waals surface area contributed by atoms with Crippen LogP contribution in [0.3, 0.4) is 0 Å². The number of amides is 1. The lowest BCUT2D eigenvalue weighted by atomic mass is 10.1. The van der Waals surface area contributed by atoms with E-state index in [0.29, 0.717) is 23.5 Å². The lowest BCUT2D eigenvalue weighted by molar-refractivity contribution is -0.122. The van der Waals surface area contributed by atoms with Crippen molar-refractivity contribution in [1.29, 1.82) is 0 Å². The minimum absolute atomic E-state index is 0.0571. The van der Waals surface area contributed by atoms with Crippen molar-refractivity contribution in [3.8, 4) is 10.4 Å². The molecule has 1 atom stereocenters. The van der Waals surface area contributed by atoms with E-state index < -0.39 is 0 Å². The van der Waals surface area contributed by atoms with Crippen molar-refractivity contribution < 1.29 is 9.53 Å². The van der Waals surface area contributed by atoms with Gasteiger partial charge in [-0.25, -0.2) is 4.98 Å². The molecule has 1 aliphatic heterocycles.